The number of ether oxygens (including phenoxy) is 1. The van der Waals surface area contributed by atoms with Crippen molar-refractivity contribution >= 4 is 0 Å². The van der Waals surface area contributed by atoms with E-state index in [1.54, 1.807) is 12.1 Å². The summed E-state index contributed by atoms with van der Waals surface area (Å²) in [5.41, 5.74) is 1.17. The van der Waals surface area contributed by atoms with Gasteiger partial charge in [0.1, 0.15) is 11.8 Å². The van der Waals surface area contributed by atoms with Crippen molar-refractivity contribution in [3.05, 3.63) is 29.3 Å². The Morgan fingerprint density at radius 3 is 2.67 bits per heavy atom. The summed E-state index contributed by atoms with van der Waals surface area (Å²) in [7, 11) is 0. The summed E-state index contributed by atoms with van der Waals surface area (Å²) in [6, 6.07) is 6.74. The highest BCUT2D eigenvalue weighted by Gasteiger charge is 2.22. The standard InChI is InChI=1S/C11H11F2NO/c1-8-3-4-10(9(5-8)6-14)15-7-11(2,12)13/h3-5H,7H2,1-2H3. The first-order valence-corrected chi connectivity index (χ1v) is 4.44. The average Bonchev–Trinajstić information content (AvgIpc) is 2.14. The molecule has 0 radical (unpaired) electrons. The second kappa shape index (κ2) is 4.26. The summed E-state index contributed by atoms with van der Waals surface area (Å²) in [4.78, 5) is 0. The van der Waals surface area contributed by atoms with Crippen LogP contribution in [0.15, 0.2) is 18.2 Å². The molecule has 0 aliphatic carbocycles. The molecule has 15 heavy (non-hydrogen) atoms. The number of nitriles is 1. The fourth-order valence-corrected chi connectivity index (χ4v) is 1.06. The normalized spacial score (nSPS) is 10.9. The lowest BCUT2D eigenvalue weighted by Crippen LogP contribution is -2.21. The molecule has 0 heterocycles. The topological polar surface area (TPSA) is 33.0 Å². The quantitative estimate of drug-likeness (QED) is 0.770. The van der Waals surface area contributed by atoms with Gasteiger partial charge in [0.2, 0.25) is 0 Å². The van der Waals surface area contributed by atoms with Crippen LogP contribution in [0.25, 0.3) is 0 Å². The summed E-state index contributed by atoms with van der Waals surface area (Å²) in [5.74, 6) is -2.69. The summed E-state index contributed by atoms with van der Waals surface area (Å²) in [6.45, 7) is 1.87. The molecule has 0 N–H and O–H groups in total. The third-order valence-corrected chi connectivity index (χ3v) is 1.74. The molecule has 1 aromatic carbocycles. The zero-order chi connectivity index (χ0) is 11.5. The third kappa shape index (κ3) is 3.55. The fourth-order valence-electron chi connectivity index (χ4n) is 1.06. The Labute approximate surface area is 87.1 Å². The second-order valence-corrected chi connectivity index (χ2v) is 3.47. The van der Waals surface area contributed by atoms with Crippen molar-refractivity contribution in [2.45, 2.75) is 19.8 Å². The maximum atomic E-state index is 12.5. The van der Waals surface area contributed by atoms with Gasteiger partial charge in [-0.1, -0.05) is 6.07 Å². The molecule has 0 aliphatic rings. The largest absolute Gasteiger partial charge is 0.486 e. The first kappa shape index (κ1) is 11.4. The molecule has 0 saturated carbocycles. The first-order valence-electron chi connectivity index (χ1n) is 4.44. The molecule has 0 bridgehead atoms. The molecule has 0 atom stereocenters. The van der Waals surface area contributed by atoms with Crippen LogP contribution in [0.3, 0.4) is 0 Å². The number of benzene rings is 1. The molecule has 0 spiro atoms. The van der Waals surface area contributed by atoms with E-state index in [4.69, 9.17) is 10.00 Å². The number of hydrogen-bond donors (Lipinski definition) is 0. The molecule has 0 aliphatic heterocycles. The highest BCUT2D eigenvalue weighted by atomic mass is 19.3. The molecule has 1 aromatic rings. The van der Waals surface area contributed by atoms with E-state index in [-0.39, 0.29) is 11.3 Å². The van der Waals surface area contributed by atoms with Crippen LogP contribution < -0.4 is 4.74 Å². The smallest absolute Gasteiger partial charge is 0.278 e. The van der Waals surface area contributed by atoms with E-state index in [0.29, 0.717) is 0 Å². The number of halogens is 2. The minimum absolute atomic E-state index is 0.199. The Balaban J connectivity index is 2.82. The molecule has 4 heteroatoms. The second-order valence-electron chi connectivity index (χ2n) is 3.47. The molecular weight excluding hydrogens is 200 g/mol. The van der Waals surface area contributed by atoms with E-state index in [0.717, 1.165) is 12.5 Å². The van der Waals surface area contributed by atoms with Crippen molar-refractivity contribution in [1.82, 2.24) is 0 Å². The third-order valence-electron chi connectivity index (χ3n) is 1.74. The highest BCUT2D eigenvalue weighted by Crippen LogP contribution is 2.21. The van der Waals surface area contributed by atoms with Crippen molar-refractivity contribution in [3.63, 3.8) is 0 Å². The average molecular weight is 211 g/mol. The first-order chi connectivity index (χ1) is 6.92. The van der Waals surface area contributed by atoms with Gasteiger partial charge in [-0.05, 0) is 24.6 Å². The number of rotatable bonds is 3. The molecule has 80 valence electrons. The number of aryl methyl sites for hydroxylation is 1. The predicted octanol–water partition coefficient (Wildman–Crippen LogP) is 2.90. The summed E-state index contributed by atoms with van der Waals surface area (Å²) in [6.07, 6.45) is 0. The van der Waals surface area contributed by atoms with Crippen LogP contribution in [-0.2, 0) is 0 Å². The lowest BCUT2D eigenvalue weighted by atomic mass is 10.1. The van der Waals surface area contributed by atoms with Gasteiger partial charge in [0, 0.05) is 6.92 Å². The van der Waals surface area contributed by atoms with Crippen molar-refractivity contribution in [1.29, 1.82) is 5.26 Å². The summed E-state index contributed by atoms with van der Waals surface area (Å²) < 4.78 is 29.9. The zero-order valence-corrected chi connectivity index (χ0v) is 8.55. The van der Waals surface area contributed by atoms with Crippen LogP contribution in [0.1, 0.15) is 18.1 Å². The molecule has 0 aromatic heterocycles. The van der Waals surface area contributed by atoms with Gasteiger partial charge in [0.05, 0.1) is 5.56 Å². The van der Waals surface area contributed by atoms with Crippen molar-refractivity contribution < 1.29 is 13.5 Å². The van der Waals surface area contributed by atoms with E-state index < -0.39 is 12.5 Å². The van der Waals surface area contributed by atoms with Crippen molar-refractivity contribution in [2.24, 2.45) is 0 Å². The maximum Gasteiger partial charge on any atom is 0.278 e. The molecule has 1 rings (SSSR count). The predicted molar refractivity (Wildman–Crippen MR) is 52.0 cm³/mol. The SMILES string of the molecule is Cc1ccc(OCC(C)(F)F)c(C#N)c1. The van der Waals surface area contributed by atoms with Gasteiger partial charge in [0.25, 0.3) is 5.92 Å². The van der Waals surface area contributed by atoms with Gasteiger partial charge in [0.15, 0.2) is 6.61 Å². The number of alkyl halides is 2. The molecule has 0 fully saturated rings. The monoisotopic (exact) mass is 211 g/mol. The van der Waals surface area contributed by atoms with Gasteiger partial charge >= 0.3 is 0 Å². The van der Waals surface area contributed by atoms with Crippen molar-refractivity contribution in [2.75, 3.05) is 6.61 Å². The van der Waals surface area contributed by atoms with E-state index in [1.165, 1.54) is 6.07 Å². The number of nitrogens with zero attached hydrogens (tertiary/aromatic N) is 1. The zero-order valence-electron chi connectivity index (χ0n) is 8.55. The molecule has 0 unspecified atom stereocenters. The lowest BCUT2D eigenvalue weighted by Gasteiger charge is -2.12. The Morgan fingerprint density at radius 1 is 1.47 bits per heavy atom. The minimum Gasteiger partial charge on any atom is -0.486 e. The Morgan fingerprint density at radius 2 is 2.13 bits per heavy atom. The van der Waals surface area contributed by atoms with Gasteiger partial charge in [-0.25, -0.2) is 8.78 Å². The van der Waals surface area contributed by atoms with Gasteiger partial charge in [-0.3, -0.25) is 0 Å². The maximum absolute atomic E-state index is 12.5. The van der Waals surface area contributed by atoms with E-state index in [1.807, 2.05) is 13.0 Å². The Bertz CT molecular complexity index is 391. The summed E-state index contributed by atoms with van der Waals surface area (Å²) >= 11 is 0. The van der Waals surface area contributed by atoms with E-state index in [9.17, 15) is 8.78 Å². The fraction of sp³-hybridized carbons (Fsp3) is 0.364. The molecular formula is C11H11F2NO. The Kier molecular flexibility index (Phi) is 3.25. The van der Waals surface area contributed by atoms with Gasteiger partial charge in [-0.15, -0.1) is 0 Å². The molecule has 0 saturated heterocycles. The highest BCUT2D eigenvalue weighted by molar-refractivity contribution is 5.45. The van der Waals surface area contributed by atoms with E-state index in [2.05, 4.69) is 0 Å². The van der Waals surface area contributed by atoms with Crippen LogP contribution in [0, 0.1) is 18.3 Å². The van der Waals surface area contributed by atoms with E-state index >= 15 is 0 Å². The minimum atomic E-state index is -2.89. The molecule has 0 amide bonds. The van der Waals surface area contributed by atoms with Gasteiger partial charge < -0.3 is 4.74 Å². The van der Waals surface area contributed by atoms with Crippen LogP contribution in [-0.4, -0.2) is 12.5 Å². The van der Waals surface area contributed by atoms with Crippen LogP contribution in [0.2, 0.25) is 0 Å². The Hall–Kier alpha value is -1.63. The van der Waals surface area contributed by atoms with Gasteiger partial charge in [-0.2, -0.15) is 5.26 Å². The van der Waals surface area contributed by atoms with Crippen molar-refractivity contribution in [3.8, 4) is 11.8 Å². The summed E-state index contributed by atoms with van der Waals surface area (Å²) in [5, 5.41) is 8.75. The van der Waals surface area contributed by atoms with Crippen LogP contribution in [0.4, 0.5) is 8.78 Å². The van der Waals surface area contributed by atoms with Crippen LogP contribution in [0.5, 0.6) is 5.75 Å². The molecule has 2 nitrogen and oxygen atoms in total. The van der Waals surface area contributed by atoms with Crippen LogP contribution >= 0.6 is 0 Å². The number of hydrogen-bond acceptors (Lipinski definition) is 2. The lowest BCUT2D eigenvalue weighted by molar-refractivity contribution is -0.0230.